The molecule has 0 aromatic heterocycles. The van der Waals surface area contributed by atoms with Crippen molar-refractivity contribution in [3.8, 4) is 0 Å². The average molecular weight is 232 g/mol. The van der Waals surface area contributed by atoms with Crippen LogP contribution in [0.5, 0.6) is 0 Å². The molecule has 1 aliphatic rings. The fourth-order valence-electron chi connectivity index (χ4n) is 1.46. The van der Waals surface area contributed by atoms with Crippen LogP contribution in [0.4, 0.5) is 4.79 Å². The third-order valence-corrected chi connectivity index (χ3v) is 3.63. The number of nitrogens with one attached hydrogen (secondary N) is 2. The second kappa shape index (κ2) is 7.82. The van der Waals surface area contributed by atoms with E-state index in [1.807, 2.05) is 18.7 Å². The second-order valence-electron chi connectivity index (χ2n) is 3.47. The number of hydrogen-bond donors (Lipinski definition) is 2. The average Bonchev–Trinajstić information content (AvgIpc) is 2.26. The van der Waals surface area contributed by atoms with Crippen molar-refractivity contribution < 1.29 is 9.53 Å². The number of ether oxygens (including phenoxy) is 1. The number of hydrogen-bond acceptors (Lipinski definition) is 3. The minimum absolute atomic E-state index is 0.0647. The molecule has 1 fully saturated rings. The first-order valence-corrected chi connectivity index (χ1v) is 6.59. The van der Waals surface area contributed by atoms with Gasteiger partial charge in [0.1, 0.15) is 0 Å². The van der Waals surface area contributed by atoms with Crippen molar-refractivity contribution in [3.63, 3.8) is 0 Å². The van der Waals surface area contributed by atoms with E-state index >= 15 is 0 Å². The molecule has 1 rings (SSSR count). The number of urea groups is 1. The fourth-order valence-corrected chi connectivity index (χ4v) is 2.53. The lowest BCUT2D eigenvalue weighted by molar-refractivity contribution is 0.100. The lowest BCUT2D eigenvalue weighted by atomic mass is 10.2. The maximum atomic E-state index is 11.0. The van der Waals surface area contributed by atoms with E-state index in [0.29, 0.717) is 6.54 Å². The Hall–Kier alpha value is -0.420. The minimum Gasteiger partial charge on any atom is -0.381 e. The second-order valence-corrected chi connectivity index (χ2v) is 4.88. The van der Waals surface area contributed by atoms with Crippen LogP contribution in [0.3, 0.4) is 0 Å². The zero-order valence-corrected chi connectivity index (χ0v) is 10.1. The molecule has 0 radical (unpaired) electrons. The first-order chi connectivity index (χ1) is 7.33. The molecule has 1 heterocycles. The van der Waals surface area contributed by atoms with Gasteiger partial charge in [-0.3, -0.25) is 0 Å². The monoisotopic (exact) mass is 232 g/mol. The Morgan fingerprint density at radius 3 is 2.80 bits per heavy atom. The molecule has 88 valence electrons. The van der Waals surface area contributed by atoms with E-state index in [1.54, 1.807) is 0 Å². The van der Waals surface area contributed by atoms with Crippen LogP contribution in [-0.4, -0.2) is 43.3 Å². The Balaban J connectivity index is 1.93. The molecule has 0 unspecified atom stereocenters. The van der Waals surface area contributed by atoms with Crippen molar-refractivity contribution in [2.45, 2.75) is 25.0 Å². The summed E-state index contributed by atoms with van der Waals surface area (Å²) in [5, 5.41) is 6.24. The Labute approximate surface area is 95.5 Å². The quantitative estimate of drug-likeness (QED) is 0.701. The normalized spacial score (nSPS) is 17.4. The summed E-state index contributed by atoms with van der Waals surface area (Å²) in [6, 6.07) is -0.0647. The molecule has 1 aliphatic heterocycles. The minimum atomic E-state index is -0.0647. The van der Waals surface area contributed by atoms with Crippen LogP contribution in [0.15, 0.2) is 0 Å². The highest BCUT2D eigenvalue weighted by atomic mass is 32.2. The summed E-state index contributed by atoms with van der Waals surface area (Å²) in [6.07, 6.45) is 2.29. The smallest absolute Gasteiger partial charge is 0.314 e. The molecule has 1 saturated heterocycles. The largest absolute Gasteiger partial charge is 0.381 e. The highest BCUT2D eigenvalue weighted by molar-refractivity contribution is 7.99. The summed E-state index contributed by atoms with van der Waals surface area (Å²) in [6.45, 7) is 5.12. The van der Waals surface area contributed by atoms with Crippen molar-refractivity contribution in [1.29, 1.82) is 0 Å². The van der Waals surface area contributed by atoms with Gasteiger partial charge >= 0.3 is 6.03 Å². The van der Waals surface area contributed by atoms with Crippen LogP contribution in [0.2, 0.25) is 0 Å². The van der Waals surface area contributed by atoms with E-state index in [-0.39, 0.29) is 6.03 Å². The predicted octanol–water partition coefficient (Wildman–Crippen LogP) is 1.22. The zero-order valence-electron chi connectivity index (χ0n) is 9.25. The predicted molar refractivity (Wildman–Crippen MR) is 63.4 cm³/mol. The first kappa shape index (κ1) is 12.6. The van der Waals surface area contributed by atoms with E-state index in [2.05, 4.69) is 10.6 Å². The van der Waals surface area contributed by atoms with Crippen LogP contribution in [0.25, 0.3) is 0 Å². The molecule has 2 N–H and O–H groups in total. The van der Waals surface area contributed by atoms with Crippen molar-refractivity contribution in [2.75, 3.05) is 32.1 Å². The van der Waals surface area contributed by atoms with Crippen molar-refractivity contribution in [3.05, 3.63) is 0 Å². The van der Waals surface area contributed by atoms with Crippen LogP contribution in [-0.2, 0) is 4.74 Å². The van der Waals surface area contributed by atoms with Gasteiger partial charge in [0, 0.05) is 37.3 Å². The highest BCUT2D eigenvalue weighted by Crippen LogP contribution is 2.21. The lowest BCUT2D eigenvalue weighted by Gasteiger charge is -2.21. The van der Waals surface area contributed by atoms with Gasteiger partial charge in [-0.15, -0.1) is 0 Å². The van der Waals surface area contributed by atoms with Crippen LogP contribution >= 0.6 is 11.8 Å². The number of carbonyl (C=O) groups excluding carboxylic acids is 1. The first-order valence-electron chi connectivity index (χ1n) is 5.54. The summed E-state index contributed by atoms with van der Waals surface area (Å²) >= 11 is 1.93. The summed E-state index contributed by atoms with van der Waals surface area (Å²) in [7, 11) is 0. The van der Waals surface area contributed by atoms with Gasteiger partial charge in [-0.1, -0.05) is 0 Å². The number of thioether (sulfide) groups is 1. The summed E-state index contributed by atoms with van der Waals surface area (Å²) in [5.74, 6) is 0.988. The van der Waals surface area contributed by atoms with Crippen molar-refractivity contribution in [1.82, 2.24) is 10.6 Å². The van der Waals surface area contributed by atoms with Crippen molar-refractivity contribution in [2.24, 2.45) is 0 Å². The van der Waals surface area contributed by atoms with Gasteiger partial charge in [0.05, 0.1) is 0 Å². The van der Waals surface area contributed by atoms with Crippen LogP contribution in [0.1, 0.15) is 19.8 Å². The number of amides is 2. The van der Waals surface area contributed by atoms with E-state index in [1.165, 1.54) is 0 Å². The van der Waals surface area contributed by atoms with E-state index in [0.717, 1.165) is 43.6 Å². The standard InChI is InChI=1S/C10H20N2O2S/c1-2-11-10(13)12-5-8-15-9-3-6-14-7-4-9/h9H,2-8H2,1H3,(H2,11,12,13). The molecule has 0 spiro atoms. The summed E-state index contributed by atoms with van der Waals surface area (Å²) in [5.41, 5.74) is 0. The number of rotatable bonds is 5. The molecule has 0 saturated carbocycles. The maximum absolute atomic E-state index is 11.0. The third kappa shape index (κ3) is 5.89. The Bertz CT molecular complexity index is 184. The molecule has 15 heavy (non-hydrogen) atoms. The molecular formula is C10H20N2O2S. The highest BCUT2D eigenvalue weighted by Gasteiger charge is 2.13. The molecule has 0 aliphatic carbocycles. The molecule has 0 aromatic carbocycles. The van der Waals surface area contributed by atoms with Crippen LogP contribution in [0, 0.1) is 0 Å². The molecule has 0 aromatic rings. The van der Waals surface area contributed by atoms with Gasteiger partial charge < -0.3 is 15.4 Å². The molecule has 5 heteroatoms. The van der Waals surface area contributed by atoms with Gasteiger partial charge in [-0.05, 0) is 19.8 Å². The molecular weight excluding hydrogens is 212 g/mol. The van der Waals surface area contributed by atoms with Gasteiger partial charge in [0.25, 0.3) is 0 Å². The van der Waals surface area contributed by atoms with E-state index in [4.69, 9.17) is 4.74 Å². The maximum Gasteiger partial charge on any atom is 0.314 e. The van der Waals surface area contributed by atoms with Gasteiger partial charge in [0.2, 0.25) is 0 Å². The fraction of sp³-hybridized carbons (Fsp3) is 0.900. The number of carbonyl (C=O) groups is 1. The topological polar surface area (TPSA) is 50.4 Å². The van der Waals surface area contributed by atoms with E-state index in [9.17, 15) is 4.79 Å². The zero-order chi connectivity index (χ0) is 10.9. The summed E-state index contributed by atoms with van der Waals surface area (Å²) in [4.78, 5) is 11.0. The molecule has 0 atom stereocenters. The van der Waals surface area contributed by atoms with Crippen LogP contribution < -0.4 is 10.6 Å². The Kier molecular flexibility index (Phi) is 6.59. The molecule has 4 nitrogen and oxygen atoms in total. The van der Waals surface area contributed by atoms with Crippen molar-refractivity contribution >= 4 is 17.8 Å². The Morgan fingerprint density at radius 1 is 1.40 bits per heavy atom. The van der Waals surface area contributed by atoms with Gasteiger partial charge in [0.15, 0.2) is 0 Å². The Morgan fingerprint density at radius 2 is 2.13 bits per heavy atom. The third-order valence-electron chi connectivity index (χ3n) is 2.25. The lowest BCUT2D eigenvalue weighted by Crippen LogP contribution is -2.36. The van der Waals surface area contributed by atoms with Gasteiger partial charge in [-0.2, -0.15) is 11.8 Å². The van der Waals surface area contributed by atoms with Gasteiger partial charge in [-0.25, -0.2) is 4.79 Å². The summed E-state index contributed by atoms with van der Waals surface area (Å²) < 4.78 is 5.28. The molecule has 0 bridgehead atoms. The van der Waals surface area contributed by atoms with E-state index < -0.39 is 0 Å². The SMILES string of the molecule is CCNC(=O)NCCSC1CCOCC1. The molecule has 2 amide bonds.